The van der Waals surface area contributed by atoms with Gasteiger partial charge in [0.15, 0.2) is 0 Å². The lowest BCUT2D eigenvalue weighted by Gasteiger charge is -2.26. The summed E-state index contributed by atoms with van der Waals surface area (Å²) < 4.78 is 4.69. The molecule has 0 aromatic heterocycles. The van der Waals surface area contributed by atoms with Crippen molar-refractivity contribution < 1.29 is 9.53 Å². The Morgan fingerprint density at radius 3 is 2.44 bits per heavy atom. The molecule has 1 aromatic carbocycles. The molecule has 0 bridgehead atoms. The van der Waals surface area contributed by atoms with Gasteiger partial charge in [-0.1, -0.05) is 44.9 Å². The molecule has 1 unspecified atom stereocenters. The summed E-state index contributed by atoms with van der Waals surface area (Å²) >= 11 is 0. The van der Waals surface area contributed by atoms with Crippen molar-refractivity contribution in [1.29, 1.82) is 0 Å². The minimum Gasteiger partial charge on any atom is -0.465 e. The van der Waals surface area contributed by atoms with Crippen LogP contribution in [0.1, 0.15) is 49.0 Å². The smallest absolute Gasteiger partial charge is 0.337 e. The van der Waals surface area contributed by atoms with E-state index in [2.05, 4.69) is 20.4 Å². The van der Waals surface area contributed by atoms with Gasteiger partial charge in [-0.3, -0.25) is 0 Å². The van der Waals surface area contributed by atoms with Crippen LogP contribution >= 0.6 is 0 Å². The predicted molar refractivity (Wildman–Crippen MR) is 74.9 cm³/mol. The first kappa shape index (κ1) is 14.5. The lowest BCUT2D eigenvalue weighted by atomic mass is 9.78. The van der Waals surface area contributed by atoms with Crippen molar-refractivity contribution >= 4 is 5.97 Å². The van der Waals surface area contributed by atoms with Crippen LogP contribution in [-0.2, 0) is 10.2 Å². The van der Waals surface area contributed by atoms with E-state index in [0.717, 1.165) is 6.42 Å². The molecule has 0 amide bonds. The molecule has 18 heavy (non-hydrogen) atoms. The van der Waals surface area contributed by atoms with Gasteiger partial charge in [0, 0.05) is 5.41 Å². The largest absolute Gasteiger partial charge is 0.465 e. The molecule has 0 saturated heterocycles. The van der Waals surface area contributed by atoms with Gasteiger partial charge >= 0.3 is 5.97 Å². The molecule has 0 aliphatic carbocycles. The first-order valence-electron chi connectivity index (χ1n) is 6.40. The molecule has 1 aromatic rings. The van der Waals surface area contributed by atoms with Crippen molar-refractivity contribution in [2.75, 3.05) is 7.11 Å². The Morgan fingerprint density at radius 2 is 2.00 bits per heavy atom. The van der Waals surface area contributed by atoms with Crippen LogP contribution in [0.4, 0.5) is 0 Å². The number of methoxy groups -OCH3 is 1. The lowest BCUT2D eigenvalue weighted by molar-refractivity contribution is 0.0600. The molecule has 1 rings (SSSR count). The van der Waals surface area contributed by atoms with Crippen LogP contribution < -0.4 is 0 Å². The maximum atomic E-state index is 11.4. The Bertz CT molecular complexity index is 406. The van der Waals surface area contributed by atoms with Crippen molar-refractivity contribution in [3.8, 4) is 0 Å². The number of carbonyl (C=O) groups excluding carboxylic acids is 1. The van der Waals surface area contributed by atoms with Crippen LogP contribution in [-0.4, -0.2) is 13.1 Å². The zero-order valence-corrected chi connectivity index (χ0v) is 11.5. The molecule has 0 aliphatic rings. The fourth-order valence-electron chi connectivity index (χ4n) is 2.01. The first-order valence-corrected chi connectivity index (χ1v) is 6.40. The summed E-state index contributed by atoms with van der Waals surface area (Å²) in [6, 6.07) is 7.61. The third-order valence-electron chi connectivity index (χ3n) is 3.47. The van der Waals surface area contributed by atoms with E-state index in [1.54, 1.807) is 0 Å². The summed E-state index contributed by atoms with van der Waals surface area (Å²) in [6.07, 6.45) is 5.41. The predicted octanol–water partition coefficient (Wildman–Crippen LogP) is 4.11. The monoisotopic (exact) mass is 246 g/mol. The van der Waals surface area contributed by atoms with E-state index in [9.17, 15) is 4.79 Å². The highest BCUT2D eigenvalue weighted by Crippen LogP contribution is 2.31. The van der Waals surface area contributed by atoms with Gasteiger partial charge in [0.1, 0.15) is 0 Å². The number of carbonyl (C=O) groups is 1. The molecule has 0 radical (unpaired) electrons. The molecule has 0 N–H and O–H groups in total. The molecule has 2 nitrogen and oxygen atoms in total. The van der Waals surface area contributed by atoms with Crippen LogP contribution in [0.2, 0.25) is 0 Å². The highest BCUT2D eigenvalue weighted by molar-refractivity contribution is 5.89. The highest BCUT2D eigenvalue weighted by Gasteiger charge is 2.22. The number of rotatable bonds is 6. The van der Waals surface area contributed by atoms with Gasteiger partial charge in [0.05, 0.1) is 12.7 Å². The Hall–Kier alpha value is -1.57. The number of ether oxygens (including phenoxy) is 1. The number of allylic oxidation sites excluding steroid dienone is 1. The summed E-state index contributed by atoms with van der Waals surface area (Å²) in [6.45, 7) is 8.31. The second kappa shape index (κ2) is 6.39. The van der Waals surface area contributed by atoms with Crippen molar-refractivity contribution in [2.45, 2.75) is 38.5 Å². The van der Waals surface area contributed by atoms with Crippen molar-refractivity contribution in [1.82, 2.24) is 0 Å². The van der Waals surface area contributed by atoms with Crippen molar-refractivity contribution in [3.05, 3.63) is 48.0 Å². The summed E-state index contributed by atoms with van der Waals surface area (Å²) in [5, 5.41) is 0. The van der Waals surface area contributed by atoms with Gasteiger partial charge in [-0.15, -0.1) is 6.58 Å². The molecule has 0 aliphatic heterocycles. The Kier molecular flexibility index (Phi) is 5.14. The van der Waals surface area contributed by atoms with Crippen LogP contribution in [0.5, 0.6) is 0 Å². The first-order chi connectivity index (χ1) is 8.57. The van der Waals surface area contributed by atoms with Crippen molar-refractivity contribution in [3.63, 3.8) is 0 Å². The standard InChI is InChI=1S/C16H22O2/c1-5-7-12-16(3,6-2)14-10-8-13(9-11-14)15(17)18-4/h6,8-11H,2,5,7,12H2,1,3-4H3. The van der Waals surface area contributed by atoms with Gasteiger partial charge in [0.2, 0.25) is 0 Å². The summed E-state index contributed by atoms with van der Waals surface area (Å²) in [5.74, 6) is -0.296. The number of hydrogen-bond acceptors (Lipinski definition) is 2. The summed E-state index contributed by atoms with van der Waals surface area (Å²) in [7, 11) is 1.39. The molecule has 2 heteroatoms. The molecule has 98 valence electrons. The third-order valence-corrected chi connectivity index (χ3v) is 3.47. The van der Waals surface area contributed by atoms with E-state index in [0.29, 0.717) is 5.56 Å². The minimum atomic E-state index is -0.296. The minimum absolute atomic E-state index is 0.0232. The Morgan fingerprint density at radius 1 is 1.39 bits per heavy atom. The summed E-state index contributed by atoms with van der Waals surface area (Å²) in [4.78, 5) is 11.4. The molecule has 1 atom stereocenters. The van der Waals surface area contributed by atoms with Gasteiger partial charge in [0.25, 0.3) is 0 Å². The van der Waals surface area contributed by atoms with Crippen LogP contribution in [0.25, 0.3) is 0 Å². The molecule has 0 heterocycles. The average Bonchev–Trinajstić information content (AvgIpc) is 2.44. The quantitative estimate of drug-likeness (QED) is 0.558. The Balaban J connectivity index is 2.94. The van der Waals surface area contributed by atoms with E-state index in [1.165, 1.54) is 25.5 Å². The topological polar surface area (TPSA) is 26.3 Å². The maximum Gasteiger partial charge on any atom is 0.337 e. The van der Waals surface area contributed by atoms with Gasteiger partial charge in [-0.05, 0) is 24.1 Å². The molecular formula is C16H22O2. The van der Waals surface area contributed by atoms with E-state index in [4.69, 9.17) is 4.74 Å². The molecule has 0 fully saturated rings. The number of benzene rings is 1. The number of unbranched alkanes of at least 4 members (excludes halogenated alkanes) is 1. The number of esters is 1. The second-order valence-corrected chi connectivity index (χ2v) is 4.79. The third kappa shape index (κ3) is 3.22. The fraction of sp³-hybridized carbons (Fsp3) is 0.438. The van der Waals surface area contributed by atoms with E-state index in [1.807, 2.05) is 30.3 Å². The van der Waals surface area contributed by atoms with Gasteiger partial charge < -0.3 is 4.74 Å². The zero-order valence-electron chi connectivity index (χ0n) is 11.5. The zero-order chi connectivity index (χ0) is 13.6. The lowest BCUT2D eigenvalue weighted by Crippen LogP contribution is -2.18. The summed E-state index contributed by atoms with van der Waals surface area (Å²) in [5.41, 5.74) is 1.76. The van der Waals surface area contributed by atoms with E-state index in [-0.39, 0.29) is 11.4 Å². The van der Waals surface area contributed by atoms with Crippen LogP contribution in [0.3, 0.4) is 0 Å². The Labute approximate surface area is 110 Å². The van der Waals surface area contributed by atoms with Crippen LogP contribution in [0.15, 0.2) is 36.9 Å². The SMILES string of the molecule is C=CC(C)(CCCC)c1ccc(C(=O)OC)cc1. The van der Waals surface area contributed by atoms with Crippen LogP contribution in [0, 0.1) is 0 Å². The van der Waals surface area contributed by atoms with Gasteiger partial charge in [-0.2, -0.15) is 0 Å². The van der Waals surface area contributed by atoms with Crippen molar-refractivity contribution in [2.24, 2.45) is 0 Å². The fourth-order valence-corrected chi connectivity index (χ4v) is 2.01. The highest BCUT2D eigenvalue weighted by atomic mass is 16.5. The normalized spacial score (nSPS) is 13.7. The van der Waals surface area contributed by atoms with E-state index < -0.39 is 0 Å². The molecule has 0 saturated carbocycles. The number of hydrogen-bond donors (Lipinski definition) is 0. The van der Waals surface area contributed by atoms with E-state index >= 15 is 0 Å². The average molecular weight is 246 g/mol. The molecular weight excluding hydrogens is 224 g/mol. The molecule has 0 spiro atoms. The maximum absolute atomic E-state index is 11.4. The van der Waals surface area contributed by atoms with Gasteiger partial charge in [-0.25, -0.2) is 4.79 Å². The second-order valence-electron chi connectivity index (χ2n) is 4.79.